The summed E-state index contributed by atoms with van der Waals surface area (Å²) in [6.07, 6.45) is 0. The maximum atomic E-state index is 5.82. The number of benzene rings is 1. The molecule has 0 aliphatic carbocycles. The van der Waals surface area contributed by atoms with Crippen molar-refractivity contribution in [1.82, 2.24) is 4.90 Å². The molecule has 1 aromatic rings. The fourth-order valence-corrected chi connectivity index (χ4v) is 2.67. The number of ether oxygens (including phenoxy) is 2. The van der Waals surface area contributed by atoms with Crippen molar-refractivity contribution in [2.75, 3.05) is 58.5 Å². The Morgan fingerprint density at radius 3 is 2.55 bits per heavy atom. The van der Waals surface area contributed by atoms with Crippen LogP contribution in [0.3, 0.4) is 0 Å². The molecule has 112 valence electrons. The Balaban J connectivity index is 1.93. The SMILES string of the molecule is COCC(CN)N1CCN(c2cccc(OC)c2)CC1. The summed E-state index contributed by atoms with van der Waals surface area (Å²) in [5.74, 6) is 0.907. The summed E-state index contributed by atoms with van der Waals surface area (Å²) >= 11 is 0. The molecule has 0 spiro atoms. The van der Waals surface area contributed by atoms with E-state index < -0.39 is 0 Å². The molecule has 2 rings (SSSR count). The van der Waals surface area contributed by atoms with E-state index in [9.17, 15) is 0 Å². The molecule has 1 fully saturated rings. The van der Waals surface area contributed by atoms with E-state index in [1.54, 1.807) is 14.2 Å². The minimum atomic E-state index is 0.326. The van der Waals surface area contributed by atoms with Gasteiger partial charge in [0.15, 0.2) is 0 Å². The topological polar surface area (TPSA) is 51.0 Å². The average molecular weight is 279 g/mol. The Morgan fingerprint density at radius 2 is 1.95 bits per heavy atom. The van der Waals surface area contributed by atoms with Crippen LogP contribution in [0.2, 0.25) is 0 Å². The van der Waals surface area contributed by atoms with E-state index in [1.165, 1.54) is 5.69 Å². The van der Waals surface area contributed by atoms with Gasteiger partial charge in [0.05, 0.1) is 13.7 Å². The zero-order valence-electron chi connectivity index (χ0n) is 12.4. The van der Waals surface area contributed by atoms with Crippen LogP contribution in [0.15, 0.2) is 24.3 Å². The van der Waals surface area contributed by atoms with Gasteiger partial charge in [-0.1, -0.05) is 6.07 Å². The third-order valence-corrected chi connectivity index (χ3v) is 3.88. The van der Waals surface area contributed by atoms with Crippen molar-refractivity contribution in [3.63, 3.8) is 0 Å². The van der Waals surface area contributed by atoms with Crippen LogP contribution in [0.1, 0.15) is 0 Å². The molecule has 5 heteroatoms. The molecule has 1 saturated heterocycles. The van der Waals surface area contributed by atoms with E-state index in [0.29, 0.717) is 19.2 Å². The van der Waals surface area contributed by atoms with Gasteiger partial charge in [-0.05, 0) is 12.1 Å². The minimum absolute atomic E-state index is 0.326. The van der Waals surface area contributed by atoms with E-state index in [2.05, 4.69) is 21.9 Å². The molecule has 1 aromatic carbocycles. The molecule has 20 heavy (non-hydrogen) atoms. The minimum Gasteiger partial charge on any atom is -0.497 e. The largest absolute Gasteiger partial charge is 0.497 e. The van der Waals surface area contributed by atoms with Gasteiger partial charge in [0.1, 0.15) is 5.75 Å². The third kappa shape index (κ3) is 3.62. The maximum absolute atomic E-state index is 5.82. The number of nitrogens with two attached hydrogens (primary N) is 1. The first-order valence-electron chi connectivity index (χ1n) is 7.10. The molecule has 0 bridgehead atoms. The zero-order valence-corrected chi connectivity index (χ0v) is 12.4. The Bertz CT molecular complexity index is 406. The molecule has 0 radical (unpaired) electrons. The van der Waals surface area contributed by atoms with Crippen LogP contribution in [0.4, 0.5) is 5.69 Å². The van der Waals surface area contributed by atoms with Gasteiger partial charge in [-0.3, -0.25) is 4.90 Å². The molecule has 0 amide bonds. The van der Waals surface area contributed by atoms with E-state index in [4.69, 9.17) is 15.2 Å². The van der Waals surface area contributed by atoms with Crippen molar-refractivity contribution in [3.8, 4) is 5.75 Å². The van der Waals surface area contributed by atoms with Gasteiger partial charge in [0.2, 0.25) is 0 Å². The van der Waals surface area contributed by atoms with Crippen LogP contribution in [-0.2, 0) is 4.74 Å². The van der Waals surface area contributed by atoms with Crippen molar-refractivity contribution < 1.29 is 9.47 Å². The molecule has 1 aliphatic heterocycles. The average Bonchev–Trinajstić information content (AvgIpc) is 2.53. The van der Waals surface area contributed by atoms with Crippen molar-refractivity contribution in [2.24, 2.45) is 5.73 Å². The second kappa shape index (κ2) is 7.47. The normalized spacial score (nSPS) is 18.1. The van der Waals surface area contributed by atoms with Crippen molar-refractivity contribution in [2.45, 2.75) is 6.04 Å². The lowest BCUT2D eigenvalue weighted by Gasteiger charge is -2.39. The third-order valence-electron chi connectivity index (χ3n) is 3.88. The lowest BCUT2D eigenvalue weighted by Crippen LogP contribution is -2.53. The van der Waals surface area contributed by atoms with Crippen molar-refractivity contribution in [1.29, 1.82) is 0 Å². The molecule has 1 aliphatic rings. The lowest BCUT2D eigenvalue weighted by atomic mass is 10.2. The highest BCUT2D eigenvalue weighted by molar-refractivity contribution is 5.51. The number of anilines is 1. The second-order valence-corrected chi connectivity index (χ2v) is 5.07. The van der Waals surface area contributed by atoms with Crippen LogP contribution in [0, 0.1) is 0 Å². The Labute approximate surface area is 121 Å². The lowest BCUT2D eigenvalue weighted by molar-refractivity contribution is 0.0900. The second-order valence-electron chi connectivity index (χ2n) is 5.07. The van der Waals surface area contributed by atoms with Gasteiger partial charge < -0.3 is 20.1 Å². The summed E-state index contributed by atoms with van der Waals surface area (Å²) in [6, 6.07) is 8.56. The monoisotopic (exact) mass is 279 g/mol. The van der Waals surface area contributed by atoms with Gasteiger partial charge in [-0.2, -0.15) is 0 Å². The first-order chi connectivity index (χ1) is 9.78. The van der Waals surface area contributed by atoms with E-state index >= 15 is 0 Å². The highest BCUT2D eigenvalue weighted by atomic mass is 16.5. The van der Waals surface area contributed by atoms with Gasteiger partial charge in [0, 0.05) is 57.6 Å². The Kier molecular flexibility index (Phi) is 5.64. The molecule has 0 aromatic heterocycles. The first kappa shape index (κ1) is 15.1. The van der Waals surface area contributed by atoms with Gasteiger partial charge in [-0.25, -0.2) is 0 Å². The number of hydrogen-bond acceptors (Lipinski definition) is 5. The maximum Gasteiger partial charge on any atom is 0.120 e. The predicted molar refractivity (Wildman–Crippen MR) is 81.5 cm³/mol. The van der Waals surface area contributed by atoms with Crippen LogP contribution in [0.5, 0.6) is 5.75 Å². The van der Waals surface area contributed by atoms with Crippen molar-refractivity contribution >= 4 is 5.69 Å². The number of piperazine rings is 1. The smallest absolute Gasteiger partial charge is 0.120 e. The molecular weight excluding hydrogens is 254 g/mol. The summed E-state index contributed by atoms with van der Waals surface area (Å²) in [7, 11) is 3.43. The van der Waals surface area contributed by atoms with E-state index in [0.717, 1.165) is 31.9 Å². The van der Waals surface area contributed by atoms with Gasteiger partial charge in [0.25, 0.3) is 0 Å². The highest BCUT2D eigenvalue weighted by Gasteiger charge is 2.23. The quantitative estimate of drug-likeness (QED) is 0.834. The van der Waals surface area contributed by atoms with Crippen molar-refractivity contribution in [3.05, 3.63) is 24.3 Å². The van der Waals surface area contributed by atoms with Crippen LogP contribution < -0.4 is 15.4 Å². The molecule has 1 unspecified atom stereocenters. The number of hydrogen-bond donors (Lipinski definition) is 1. The fraction of sp³-hybridized carbons (Fsp3) is 0.600. The Morgan fingerprint density at radius 1 is 1.20 bits per heavy atom. The summed E-state index contributed by atoms with van der Waals surface area (Å²) in [6.45, 7) is 5.40. The van der Waals surface area contributed by atoms with Crippen LogP contribution in [-0.4, -0.2) is 64.5 Å². The molecule has 1 atom stereocenters. The fourth-order valence-electron chi connectivity index (χ4n) is 2.67. The number of methoxy groups -OCH3 is 2. The predicted octanol–water partition coefficient (Wildman–Crippen LogP) is 0.791. The summed E-state index contributed by atoms with van der Waals surface area (Å²) in [5, 5.41) is 0. The van der Waals surface area contributed by atoms with Crippen LogP contribution >= 0.6 is 0 Å². The molecule has 2 N–H and O–H groups in total. The van der Waals surface area contributed by atoms with Crippen LogP contribution in [0.25, 0.3) is 0 Å². The summed E-state index contributed by atoms with van der Waals surface area (Å²) in [5.41, 5.74) is 7.04. The van der Waals surface area contributed by atoms with E-state index in [1.807, 2.05) is 12.1 Å². The number of nitrogens with zero attached hydrogens (tertiary/aromatic N) is 2. The standard InChI is InChI=1S/C15H25N3O2/c1-19-12-14(11-16)18-8-6-17(7-9-18)13-4-3-5-15(10-13)20-2/h3-5,10,14H,6-9,11-12,16H2,1-2H3. The molecule has 5 nitrogen and oxygen atoms in total. The molecule has 0 saturated carbocycles. The number of rotatable bonds is 6. The summed E-state index contributed by atoms with van der Waals surface area (Å²) < 4.78 is 10.5. The van der Waals surface area contributed by atoms with Gasteiger partial charge >= 0.3 is 0 Å². The zero-order chi connectivity index (χ0) is 14.4. The first-order valence-corrected chi connectivity index (χ1v) is 7.10. The van der Waals surface area contributed by atoms with E-state index in [-0.39, 0.29) is 0 Å². The van der Waals surface area contributed by atoms with Gasteiger partial charge in [-0.15, -0.1) is 0 Å². The molecule has 1 heterocycles. The summed E-state index contributed by atoms with van der Waals surface area (Å²) in [4.78, 5) is 4.81. The highest BCUT2D eigenvalue weighted by Crippen LogP contribution is 2.22. The molecular formula is C15H25N3O2. The Hall–Kier alpha value is -1.30.